The zero-order valence-electron chi connectivity index (χ0n) is 8.29. The molecule has 0 spiro atoms. The third kappa shape index (κ3) is 3.32. The fraction of sp³-hybridized carbons (Fsp3) is 0.300. The monoisotopic (exact) mass is 245 g/mol. The molecule has 0 heterocycles. The van der Waals surface area contributed by atoms with E-state index in [1.807, 2.05) is 6.26 Å². The maximum absolute atomic E-state index is 10.9. The first kappa shape index (κ1) is 12.2. The Labute approximate surface area is 97.8 Å². The van der Waals surface area contributed by atoms with Gasteiger partial charge in [0.2, 0.25) is 0 Å². The summed E-state index contributed by atoms with van der Waals surface area (Å²) in [7, 11) is 0. The Morgan fingerprint density at radius 2 is 2.33 bits per heavy atom. The van der Waals surface area contributed by atoms with Gasteiger partial charge in [-0.05, 0) is 18.4 Å². The lowest BCUT2D eigenvalue weighted by atomic mass is 10.2. The highest BCUT2D eigenvalue weighted by Crippen LogP contribution is 2.24. The summed E-state index contributed by atoms with van der Waals surface area (Å²) in [5.41, 5.74) is 0.712. The van der Waals surface area contributed by atoms with Crippen LogP contribution in [0.3, 0.4) is 0 Å². The summed E-state index contributed by atoms with van der Waals surface area (Å²) in [6, 6.07) is 5.02. The molecule has 1 aromatic carbocycles. The molecule has 0 unspecified atom stereocenters. The summed E-state index contributed by atoms with van der Waals surface area (Å²) in [5.74, 6) is -0.0850. The first-order chi connectivity index (χ1) is 7.16. The molecule has 0 aliphatic rings. The minimum absolute atomic E-state index is 0.139. The van der Waals surface area contributed by atoms with Crippen molar-refractivity contribution in [3.63, 3.8) is 0 Å². The normalized spacial score (nSPS) is 10.0. The molecule has 82 valence electrons. The van der Waals surface area contributed by atoms with Crippen molar-refractivity contribution in [2.24, 2.45) is 0 Å². The van der Waals surface area contributed by atoms with Crippen molar-refractivity contribution in [2.75, 3.05) is 23.9 Å². The van der Waals surface area contributed by atoms with E-state index >= 15 is 0 Å². The molecule has 15 heavy (non-hydrogen) atoms. The molecule has 3 nitrogen and oxygen atoms in total. The lowest BCUT2D eigenvalue weighted by Gasteiger charge is -2.09. The van der Waals surface area contributed by atoms with E-state index in [9.17, 15) is 4.79 Å². The quantitative estimate of drug-likeness (QED) is 0.784. The minimum atomic E-state index is -1.01. The molecule has 2 N–H and O–H groups in total. The van der Waals surface area contributed by atoms with Gasteiger partial charge in [-0.3, -0.25) is 0 Å². The second-order valence-corrected chi connectivity index (χ2v) is 4.28. The molecule has 0 aliphatic carbocycles. The highest BCUT2D eigenvalue weighted by molar-refractivity contribution is 7.98. The van der Waals surface area contributed by atoms with Crippen molar-refractivity contribution in [3.8, 4) is 0 Å². The van der Waals surface area contributed by atoms with Crippen molar-refractivity contribution >= 4 is 35.0 Å². The van der Waals surface area contributed by atoms with Crippen molar-refractivity contribution in [3.05, 3.63) is 28.8 Å². The summed E-state index contributed by atoms with van der Waals surface area (Å²) in [6.07, 6.45) is 2.00. The van der Waals surface area contributed by atoms with Gasteiger partial charge < -0.3 is 10.4 Å². The van der Waals surface area contributed by atoms with Gasteiger partial charge in [-0.25, -0.2) is 4.79 Å². The van der Waals surface area contributed by atoms with Gasteiger partial charge in [0, 0.05) is 12.3 Å². The molecule has 1 aromatic rings. The van der Waals surface area contributed by atoms with Gasteiger partial charge in [0.25, 0.3) is 0 Å². The Kier molecular flexibility index (Phi) is 4.78. The van der Waals surface area contributed by atoms with Crippen molar-refractivity contribution in [2.45, 2.75) is 0 Å². The Morgan fingerprint density at radius 3 is 2.93 bits per heavy atom. The number of hydrogen-bond donors (Lipinski definition) is 2. The van der Waals surface area contributed by atoms with Gasteiger partial charge in [0.05, 0.1) is 10.7 Å². The van der Waals surface area contributed by atoms with E-state index in [0.717, 1.165) is 12.3 Å². The molecule has 1 rings (SSSR count). The van der Waals surface area contributed by atoms with E-state index in [0.29, 0.717) is 5.69 Å². The van der Waals surface area contributed by atoms with Crippen LogP contribution >= 0.6 is 23.4 Å². The fourth-order valence-electron chi connectivity index (χ4n) is 1.18. The first-order valence-electron chi connectivity index (χ1n) is 4.41. The Bertz CT molecular complexity index is 357. The van der Waals surface area contributed by atoms with Crippen LogP contribution in [-0.4, -0.2) is 29.6 Å². The Balaban J connectivity index is 2.86. The van der Waals surface area contributed by atoms with Crippen LogP contribution in [0.2, 0.25) is 5.02 Å². The molecule has 0 aromatic heterocycles. The SMILES string of the molecule is CSCCNc1cccc(Cl)c1C(=O)O. The van der Waals surface area contributed by atoms with Gasteiger partial charge in [-0.1, -0.05) is 17.7 Å². The maximum Gasteiger partial charge on any atom is 0.339 e. The fourth-order valence-corrected chi connectivity index (χ4v) is 1.74. The summed E-state index contributed by atoms with van der Waals surface area (Å²) < 4.78 is 0. The summed E-state index contributed by atoms with van der Waals surface area (Å²) in [4.78, 5) is 10.9. The number of thioether (sulfide) groups is 1. The molecule has 0 aliphatic heterocycles. The average Bonchev–Trinajstić information content (AvgIpc) is 2.17. The molecule has 0 bridgehead atoms. The van der Waals surface area contributed by atoms with Crippen molar-refractivity contribution in [1.29, 1.82) is 0 Å². The maximum atomic E-state index is 10.9. The number of hydrogen-bond acceptors (Lipinski definition) is 3. The van der Waals surface area contributed by atoms with Crippen molar-refractivity contribution < 1.29 is 9.90 Å². The van der Waals surface area contributed by atoms with Crippen LogP contribution < -0.4 is 5.32 Å². The number of carbonyl (C=O) groups is 1. The molecule has 0 fully saturated rings. The predicted octanol–water partition coefficient (Wildman–Crippen LogP) is 2.81. The van der Waals surface area contributed by atoms with E-state index in [1.165, 1.54) is 0 Å². The van der Waals surface area contributed by atoms with E-state index in [-0.39, 0.29) is 10.6 Å². The molecule has 0 amide bonds. The van der Waals surface area contributed by atoms with Crippen LogP contribution in [0, 0.1) is 0 Å². The Hall–Kier alpha value is -0.870. The number of benzene rings is 1. The lowest BCUT2D eigenvalue weighted by molar-refractivity contribution is 0.0698. The molecule has 0 saturated carbocycles. The standard InChI is InChI=1S/C10H12ClNO2S/c1-15-6-5-12-8-4-2-3-7(11)9(8)10(13)14/h2-4,12H,5-6H2,1H3,(H,13,14). The minimum Gasteiger partial charge on any atom is -0.478 e. The zero-order chi connectivity index (χ0) is 11.3. The number of nitrogens with one attached hydrogen (secondary N) is 1. The smallest absolute Gasteiger partial charge is 0.339 e. The molecule has 0 radical (unpaired) electrons. The average molecular weight is 246 g/mol. The van der Waals surface area contributed by atoms with Crippen LogP contribution in [-0.2, 0) is 0 Å². The largest absolute Gasteiger partial charge is 0.478 e. The molecular formula is C10H12ClNO2S. The summed E-state index contributed by atoms with van der Waals surface area (Å²) >= 11 is 7.51. The molecule has 5 heteroatoms. The molecule has 0 atom stereocenters. The van der Waals surface area contributed by atoms with E-state index in [1.54, 1.807) is 30.0 Å². The highest BCUT2D eigenvalue weighted by atomic mass is 35.5. The summed E-state index contributed by atoms with van der Waals surface area (Å²) in [5, 5.41) is 12.3. The van der Waals surface area contributed by atoms with E-state index in [2.05, 4.69) is 5.32 Å². The van der Waals surface area contributed by atoms with Gasteiger partial charge in [-0.2, -0.15) is 11.8 Å². The van der Waals surface area contributed by atoms with E-state index < -0.39 is 5.97 Å². The third-order valence-corrected chi connectivity index (χ3v) is 2.78. The summed E-state index contributed by atoms with van der Waals surface area (Å²) in [6.45, 7) is 0.724. The molecule has 0 saturated heterocycles. The number of carboxylic acids is 1. The second kappa shape index (κ2) is 5.88. The number of carboxylic acid groups (broad SMARTS) is 1. The number of anilines is 1. The van der Waals surface area contributed by atoms with Crippen LogP contribution in [0.25, 0.3) is 0 Å². The van der Waals surface area contributed by atoms with Gasteiger partial charge in [0.15, 0.2) is 0 Å². The van der Waals surface area contributed by atoms with Crippen LogP contribution in [0.4, 0.5) is 5.69 Å². The number of halogens is 1. The number of aromatic carboxylic acids is 1. The van der Waals surface area contributed by atoms with Gasteiger partial charge in [0.1, 0.15) is 5.56 Å². The van der Waals surface area contributed by atoms with Gasteiger partial charge >= 0.3 is 5.97 Å². The van der Waals surface area contributed by atoms with Crippen molar-refractivity contribution in [1.82, 2.24) is 0 Å². The lowest BCUT2D eigenvalue weighted by Crippen LogP contribution is -2.09. The topological polar surface area (TPSA) is 49.3 Å². The Morgan fingerprint density at radius 1 is 1.60 bits per heavy atom. The van der Waals surface area contributed by atoms with Crippen LogP contribution in [0.5, 0.6) is 0 Å². The number of rotatable bonds is 5. The van der Waals surface area contributed by atoms with E-state index in [4.69, 9.17) is 16.7 Å². The predicted molar refractivity (Wildman–Crippen MR) is 65.3 cm³/mol. The third-order valence-electron chi connectivity index (χ3n) is 1.85. The second-order valence-electron chi connectivity index (χ2n) is 2.89. The molecular weight excluding hydrogens is 234 g/mol. The van der Waals surface area contributed by atoms with Crippen LogP contribution in [0.1, 0.15) is 10.4 Å². The highest BCUT2D eigenvalue weighted by Gasteiger charge is 2.13. The van der Waals surface area contributed by atoms with Crippen LogP contribution in [0.15, 0.2) is 18.2 Å². The van der Waals surface area contributed by atoms with Gasteiger partial charge in [-0.15, -0.1) is 0 Å². The zero-order valence-corrected chi connectivity index (χ0v) is 9.86. The first-order valence-corrected chi connectivity index (χ1v) is 6.18.